The predicted octanol–water partition coefficient (Wildman–Crippen LogP) is 5.11. The molecule has 7 heteroatoms. The number of benzene rings is 2. The third-order valence-corrected chi connectivity index (χ3v) is 8.40. The summed E-state index contributed by atoms with van der Waals surface area (Å²) in [5.74, 6) is 0.725. The molecule has 2 fully saturated rings. The number of likely N-dealkylation sites (tertiary alicyclic amines) is 1. The lowest BCUT2D eigenvalue weighted by molar-refractivity contribution is -0.133. The third kappa shape index (κ3) is 4.00. The van der Waals surface area contributed by atoms with Crippen LogP contribution in [0, 0.1) is 0 Å². The van der Waals surface area contributed by atoms with E-state index in [4.69, 9.17) is 4.74 Å². The molecule has 3 aliphatic heterocycles. The summed E-state index contributed by atoms with van der Waals surface area (Å²) in [5.41, 5.74) is 3.14. The van der Waals surface area contributed by atoms with Crippen LogP contribution in [0.1, 0.15) is 62.4 Å². The Labute approximate surface area is 218 Å². The fourth-order valence-corrected chi connectivity index (χ4v) is 6.53. The van der Waals surface area contributed by atoms with Gasteiger partial charge >= 0.3 is 6.03 Å². The van der Waals surface area contributed by atoms with E-state index in [1.807, 2.05) is 49.1 Å². The van der Waals surface area contributed by atoms with Crippen LogP contribution in [0.5, 0.6) is 5.75 Å². The molecule has 2 atom stereocenters. The zero-order chi connectivity index (χ0) is 25.6. The van der Waals surface area contributed by atoms with Crippen LogP contribution in [0.3, 0.4) is 0 Å². The molecule has 0 unspecified atom stereocenters. The molecular formula is C30H36N4O3. The molecule has 1 N–H and O–H groups in total. The summed E-state index contributed by atoms with van der Waals surface area (Å²) in [6.45, 7) is 7.78. The van der Waals surface area contributed by atoms with Gasteiger partial charge in [-0.15, -0.1) is 0 Å². The summed E-state index contributed by atoms with van der Waals surface area (Å²) >= 11 is 0. The second kappa shape index (κ2) is 9.53. The van der Waals surface area contributed by atoms with E-state index >= 15 is 0 Å². The molecule has 3 amide bonds. The number of rotatable bonds is 6. The molecule has 0 spiro atoms. The van der Waals surface area contributed by atoms with E-state index in [9.17, 15) is 9.59 Å². The Balaban J connectivity index is 1.40. The summed E-state index contributed by atoms with van der Waals surface area (Å²) in [5, 5.41) is 1.06. The smallest absolute Gasteiger partial charge is 0.328 e. The maximum Gasteiger partial charge on any atom is 0.328 e. The predicted molar refractivity (Wildman–Crippen MR) is 144 cm³/mol. The number of imide groups is 1. The van der Waals surface area contributed by atoms with Crippen LogP contribution < -0.4 is 4.74 Å². The van der Waals surface area contributed by atoms with Crippen molar-refractivity contribution in [2.24, 2.45) is 0 Å². The van der Waals surface area contributed by atoms with Gasteiger partial charge < -0.3 is 14.6 Å². The monoisotopic (exact) mass is 500 g/mol. The number of carbonyl (C=O) groups is 2. The summed E-state index contributed by atoms with van der Waals surface area (Å²) in [6, 6.07) is 15.6. The topological polar surface area (TPSA) is 68.9 Å². The molecule has 37 heavy (non-hydrogen) atoms. The van der Waals surface area contributed by atoms with E-state index in [1.165, 1.54) is 30.6 Å². The Morgan fingerprint density at radius 3 is 2.49 bits per heavy atom. The zero-order valence-electron chi connectivity index (χ0n) is 21.8. The summed E-state index contributed by atoms with van der Waals surface area (Å²) < 4.78 is 5.79. The fourth-order valence-electron chi connectivity index (χ4n) is 6.53. The minimum absolute atomic E-state index is 0.0887. The van der Waals surface area contributed by atoms with Crippen molar-refractivity contribution in [1.82, 2.24) is 19.7 Å². The first-order chi connectivity index (χ1) is 18.0. The molecule has 3 aliphatic rings. The third-order valence-electron chi connectivity index (χ3n) is 8.40. The van der Waals surface area contributed by atoms with Crippen LogP contribution in [-0.2, 0) is 11.2 Å². The standard InChI is InChI=1S/C30H36N4O3/c1-3-37-22-13-14-25-23(19-22)24-20-30(2)28(35)33(18-17-32-15-9-4-5-10-16-32)29(36)34(30)27(26(24)31-25)21-11-7-6-8-12-21/h6-8,11-14,19,27,31H,3-5,9-10,15-18,20H2,1-2H3/t27-,30+/m1/s1. The van der Waals surface area contributed by atoms with Gasteiger partial charge in [0.15, 0.2) is 0 Å². The number of fused-ring (bicyclic) bond motifs is 4. The van der Waals surface area contributed by atoms with Crippen molar-refractivity contribution in [2.45, 2.75) is 57.5 Å². The number of urea groups is 1. The van der Waals surface area contributed by atoms with Crippen molar-refractivity contribution in [2.75, 3.05) is 32.8 Å². The van der Waals surface area contributed by atoms with Gasteiger partial charge in [-0.3, -0.25) is 14.6 Å². The second-order valence-electron chi connectivity index (χ2n) is 10.8. The molecule has 194 valence electrons. The molecule has 0 bridgehead atoms. The molecular weight excluding hydrogens is 464 g/mol. The molecule has 2 saturated heterocycles. The maximum atomic E-state index is 14.0. The number of aromatic amines is 1. The number of H-pyrrole nitrogens is 1. The molecule has 3 aromatic rings. The Bertz CT molecular complexity index is 1310. The number of ether oxygens (including phenoxy) is 1. The van der Waals surface area contributed by atoms with Crippen LogP contribution in [0.15, 0.2) is 48.5 Å². The maximum absolute atomic E-state index is 14.0. The lowest BCUT2D eigenvalue weighted by Crippen LogP contribution is -2.53. The number of hydrogen-bond acceptors (Lipinski definition) is 4. The first kappa shape index (κ1) is 24.0. The summed E-state index contributed by atoms with van der Waals surface area (Å²) in [4.78, 5) is 37.4. The van der Waals surface area contributed by atoms with Crippen molar-refractivity contribution in [3.05, 3.63) is 65.4 Å². The van der Waals surface area contributed by atoms with Crippen molar-refractivity contribution in [3.63, 3.8) is 0 Å². The van der Waals surface area contributed by atoms with Crippen LogP contribution >= 0.6 is 0 Å². The van der Waals surface area contributed by atoms with E-state index in [-0.39, 0.29) is 18.0 Å². The molecule has 2 aromatic carbocycles. The number of nitrogens with zero attached hydrogens (tertiary/aromatic N) is 3. The highest BCUT2D eigenvalue weighted by Gasteiger charge is 2.60. The summed E-state index contributed by atoms with van der Waals surface area (Å²) in [7, 11) is 0. The van der Waals surface area contributed by atoms with Gasteiger partial charge in [-0.2, -0.15) is 0 Å². The van der Waals surface area contributed by atoms with Crippen LogP contribution in [0.25, 0.3) is 10.9 Å². The fraction of sp³-hybridized carbons (Fsp3) is 0.467. The lowest BCUT2D eigenvalue weighted by Gasteiger charge is -2.42. The number of aromatic nitrogens is 1. The van der Waals surface area contributed by atoms with Gasteiger partial charge in [-0.25, -0.2) is 4.79 Å². The van der Waals surface area contributed by atoms with Gasteiger partial charge in [0.25, 0.3) is 5.91 Å². The van der Waals surface area contributed by atoms with Gasteiger partial charge in [0.05, 0.1) is 6.61 Å². The van der Waals surface area contributed by atoms with Gasteiger partial charge in [0.2, 0.25) is 0 Å². The van der Waals surface area contributed by atoms with Crippen LogP contribution in [0.2, 0.25) is 0 Å². The number of amides is 3. The van der Waals surface area contributed by atoms with E-state index in [1.54, 1.807) is 0 Å². The minimum atomic E-state index is -0.944. The molecule has 1 aromatic heterocycles. The van der Waals surface area contributed by atoms with Gasteiger partial charge in [-0.1, -0.05) is 43.2 Å². The largest absolute Gasteiger partial charge is 0.494 e. The summed E-state index contributed by atoms with van der Waals surface area (Å²) in [6.07, 6.45) is 5.38. The molecule has 6 rings (SSSR count). The molecule has 4 heterocycles. The van der Waals surface area contributed by atoms with Crippen molar-refractivity contribution < 1.29 is 14.3 Å². The van der Waals surface area contributed by atoms with E-state index in [0.29, 0.717) is 19.6 Å². The number of carbonyl (C=O) groups excluding carboxylic acids is 2. The average molecular weight is 501 g/mol. The van der Waals surface area contributed by atoms with Crippen LogP contribution in [-0.4, -0.2) is 69.9 Å². The van der Waals surface area contributed by atoms with E-state index < -0.39 is 5.54 Å². The van der Waals surface area contributed by atoms with E-state index in [0.717, 1.165) is 53.1 Å². The number of nitrogens with one attached hydrogen (secondary N) is 1. The van der Waals surface area contributed by atoms with Gasteiger partial charge in [0, 0.05) is 36.1 Å². The zero-order valence-corrected chi connectivity index (χ0v) is 21.8. The first-order valence-corrected chi connectivity index (χ1v) is 13.7. The highest BCUT2D eigenvalue weighted by Crippen LogP contribution is 2.49. The minimum Gasteiger partial charge on any atom is -0.494 e. The Kier molecular flexibility index (Phi) is 6.19. The lowest BCUT2D eigenvalue weighted by atomic mass is 9.81. The van der Waals surface area contributed by atoms with Crippen molar-refractivity contribution >= 4 is 22.8 Å². The Hall–Kier alpha value is -3.32. The normalized spacial score (nSPS) is 24.3. The SMILES string of the molecule is CCOc1ccc2[nH]c3c(c2c1)C[C@@]1(C)C(=O)N(CCN2CCCCCC2)C(=O)N1[C@@H]3c1ccccc1. The molecule has 0 radical (unpaired) electrons. The highest BCUT2D eigenvalue weighted by atomic mass is 16.5. The number of hydrogen-bond donors (Lipinski definition) is 1. The Morgan fingerprint density at radius 2 is 1.76 bits per heavy atom. The second-order valence-corrected chi connectivity index (χ2v) is 10.8. The van der Waals surface area contributed by atoms with Crippen molar-refractivity contribution in [3.8, 4) is 5.75 Å². The first-order valence-electron chi connectivity index (χ1n) is 13.7. The van der Waals surface area contributed by atoms with Gasteiger partial charge in [-0.05, 0) is 69.1 Å². The quantitative estimate of drug-likeness (QED) is 0.478. The molecule has 0 aliphatic carbocycles. The average Bonchev–Trinajstić information content (AvgIpc) is 3.17. The van der Waals surface area contributed by atoms with E-state index in [2.05, 4.69) is 28.1 Å². The molecule has 0 saturated carbocycles. The highest BCUT2D eigenvalue weighted by molar-refractivity contribution is 6.08. The molecule has 7 nitrogen and oxygen atoms in total. The van der Waals surface area contributed by atoms with Crippen LogP contribution in [0.4, 0.5) is 4.79 Å². The van der Waals surface area contributed by atoms with Gasteiger partial charge in [0.1, 0.15) is 17.3 Å². The Morgan fingerprint density at radius 1 is 1.00 bits per heavy atom. The van der Waals surface area contributed by atoms with Crippen molar-refractivity contribution in [1.29, 1.82) is 0 Å².